The molecule has 138 valence electrons. The number of benzene rings is 2. The number of nitrogens with one attached hydrogen (secondary N) is 1. The molecule has 7 heteroatoms. The van der Waals surface area contributed by atoms with Gasteiger partial charge in [-0.05, 0) is 70.7 Å². The Morgan fingerprint density at radius 1 is 1.15 bits per heavy atom. The van der Waals surface area contributed by atoms with Crippen molar-refractivity contribution in [2.75, 3.05) is 20.8 Å². The average molecular weight is 421 g/mol. The van der Waals surface area contributed by atoms with Crippen LogP contribution in [0.5, 0.6) is 17.2 Å². The van der Waals surface area contributed by atoms with E-state index in [4.69, 9.17) is 14.2 Å². The lowest BCUT2D eigenvalue weighted by molar-refractivity contribution is -0.123. The van der Waals surface area contributed by atoms with Crippen LogP contribution >= 0.6 is 15.9 Å². The smallest absolute Gasteiger partial charge is 0.277 e. The van der Waals surface area contributed by atoms with Gasteiger partial charge in [0.05, 0.1) is 24.9 Å². The largest absolute Gasteiger partial charge is 0.493 e. The van der Waals surface area contributed by atoms with Gasteiger partial charge in [0.2, 0.25) is 0 Å². The summed E-state index contributed by atoms with van der Waals surface area (Å²) in [7, 11) is 3.13. The van der Waals surface area contributed by atoms with E-state index in [0.717, 1.165) is 21.2 Å². The number of amides is 1. The van der Waals surface area contributed by atoms with Crippen molar-refractivity contribution in [2.45, 2.75) is 13.8 Å². The van der Waals surface area contributed by atoms with Gasteiger partial charge in [-0.15, -0.1) is 0 Å². The standard InChI is InChI=1S/C19H21BrN2O4/c1-12-7-13(2)19(15(20)8-12)26-11-18(23)22-21-10-14-5-6-16(24-3)17(9-14)25-4/h5-10H,11H2,1-4H3,(H,22,23)/b21-10+. The third-order valence-corrected chi connectivity index (χ3v) is 4.12. The fourth-order valence-corrected chi connectivity index (χ4v) is 3.16. The Balaban J connectivity index is 1.92. The van der Waals surface area contributed by atoms with Crippen LogP contribution < -0.4 is 19.6 Å². The molecule has 0 saturated carbocycles. The van der Waals surface area contributed by atoms with Gasteiger partial charge in [-0.1, -0.05) is 6.07 Å². The topological polar surface area (TPSA) is 69.2 Å². The number of ether oxygens (including phenoxy) is 3. The number of halogens is 1. The van der Waals surface area contributed by atoms with E-state index >= 15 is 0 Å². The van der Waals surface area contributed by atoms with Crippen molar-refractivity contribution in [3.63, 3.8) is 0 Å². The highest BCUT2D eigenvalue weighted by atomic mass is 79.9. The number of hydrazone groups is 1. The van der Waals surface area contributed by atoms with Crippen molar-refractivity contribution in [1.82, 2.24) is 5.43 Å². The molecular weight excluding hydrogens is 400 g/mol. The molecule has 0 aliphatic carbocycles. The SMILES string of the molecule is COc1ccc(/C=N/NC(=O)COc2c(C)cc(C)cc2Br)cc1OC. The number of methoxy groups -OCH3 is 2. The molecule has 2 aromatic carbocycles. The Morgan fingerprint density at radius 3 is 2.54 bits per heavy atom. The molecule has 0 radical (unpaired) electrons. The number of hydrogen-bond donors (Lipinski definition) is 1. The first-order valence-corrected chi connectivity index (χ1v) is 8.67. The van der Waals surface area contributed by atoms with Gasteiger partial charge in [0.25, 0.3) is 5.91 Å². The maximum atomic E-state index is 11.9. The highest BCUT2D eigenvalue weighted by Gasteiger charge is 2.09. The van der Waals surface area contributed by atoms with Gasteiger partial charge in [-0.3, -0.25) is 4.79 Å². The van der Waals surface area contributed by atoms with Crippen LogP contribution in [0.2, 0.25) is 0 Å². The van der Waals surface area contributed by atoms with E-state index in [0.29, 0.717) is 17.2 Å². The zero-order valence-electron chi connectivity index (χ0n) is 15.1. The normalized spacial score (nSPS) is 10.7. The second kappa shape index (κ2) is 9.24. The first-order valence-electron chi connectivity index (χ1n) is 7.88. The van der Waals surface area contributed by atoms with Crippen LogP contribution in [-0.2, 0) is 4.79 Å². The minimum atomic E-state index is -0.353. The summed E-state index contributed by atoms with van der Waals surface area (Å²) < 4.78 is 16.8. The molecule has 0 spiro atoms. The summed E-state index contributed by atoms with van der Waals surface area (Å²) in [5, 5.41) is 3.93. The first kappa shape index (κ1) is 19.8. The van der Waals surface area contributed by atoms with E-state index in [-0.39, 0.29) is 12.5 Å². The van der Waals surface area contributed by atoms with E-state index < -0.39 is 0 Å². The second-order valence-corrected chi connectivity index (χ2v) is 6.44. The summed E-state index contributed by atoms with van der Waals surface area (Å²) >= 11 is 3.45. The Labute approximate surface area is 161 Å². The molecule has 0 atom stereocenters. The van der Waals surface area contributed by atoms with Crippen LogP contribution in [0.3, 0.4) is 0 Å². The number of carbonyl (C=O) groups excluding carboxylic acids is 1. The van der Waals surface area contributed by atoms with Crippen LogP contribution in [0.4, 0.5) is 0 Å². The molecule has 1 amide bonds. The molecule has 0 aliphatic heterocycles. The molecule has 0 aliphatic rings. The van der Waals surface area contributed by atoms with E-state index in [9.17, 15) is 4.79 Å². The molecule has 0 fully saturated rings. The predicted molar refractivity (Wildman–Crippen MR) is 104 cm³/mol. The predicted octanol–water partition coefficient (Wildman–Crippen LogP) is 3.61. The van der Waals surface area contributed by atoms with Gasteiger partial charge < -0.3 is 14.2 Å². The summed E-state index contributed by atoms with van der Waals surface area (Å²) in [6, 6.07) is 9.27. The molecule has 0 bridgehead atoms. The highest BCUT2D eigenvalue weighted by molar-refractivity contribution is 9.10. The van der Waals surface area contributed by atoms with Gasteiger partial charge in [0, 0.05) is 0 Å². The van der Waals surface area contributed by atoms with Gasteiger partial charge in [0.1, 0.15) is 5.75 Å². The first-order chi connectivity index (χ1) is 12.4. The lowest BCUT2D eigenvalue weighted by atomic mass is 10.1. The Bertz CT molecular complexity index is 798. The lowest BCUT2D eigenvalue weighted by Crippen LogP contribution is -2.24. The van der Waals surface area contributed by atoms with Crippen molar-refractivity contribution < 1.29 is 19.0 Å². The van der Waals surface area contributed by atoms with Crippen molar-refractivity contribution in [2.24, 2.45) is 5.10 Å². The molecule has 0 unspecified atom stereocenters. The number of carbonyl (C=O) groups is 1. The zero-order chi connectivity index (χ0) is 19.1. The Kier molecular flexibility index (Phi) is 7.03. The van der Waals surface area contributed by atoms with Gasteiger partial charge >= 0.3 is 0 Å². The molecule has 0 aromatic heterocycles. The number of aryl methyl sites for hydroxylation is 2. The maximum absolute atomic E-state index is 11.9. The lowest BCUT2D eigenvalue weighted by Gasteiger charge is -2.11. The molecule has 26 heavy (non-hydrogen) atoms. The quantitative estimate of drug-likeness (QED) is 0.548. The van der Waals surface area contributed by atoms with E-state index in [1.54, 1.807) is 32.4 Å². The van der Waals surface area contributed by atoms with Gasteiger partial charge in [0.15, 0.2) is 18.1 Å². The highest BCUT2D eigenvalue weighted by Crippen LogP contribution is 2.30. The molecule has 6 nitrogen and oxygen atoms in total. The molecular formula is C19H21BrN2O4. The van der Waals surface area contributed by atoms with E-state index in [2.05, 4.69) is 26.5 Å². The van der Waals surface area contributed by atoms with E-state index in [1.165, 1.54) is 6.21 Å². The van der Waals surface area contributed by atoms with Gasteiger partial charge in [-0.25, -0.2) is 5.43 Å². The number of rotatable bonds is 7. The third kappa shape index (κ3) is 5.23. The van der Waals surface area contributed by atoms with Crippen molar-refractivity contribution >= 4 is 28.1 Å². The number of hydrogen-bond acceptors (Lipinski definition) is 5. The van der Waals surface area contributed by atoms with Crippen molar-refractivity contribution in [3.8, 4) is 17.2 Å². The molecule has 2 aromatic rings. The average Bonchev–Trinajstić information content (AvgIpc) is 2.60. The molecule has 1 N–H and O–H groups in total. The Hall–Kier alpha value is -2.54. The molecule has 0 saturated heterocycles. The summed E-state index contributed by atoms with van der Waals surface area (Å²) in [4.78, 5) is 11.9. The number of nitrogens with zero attached hydrogens (tertiary/aromatic N) is 1. The fraction of sp³-hybridized carbons (Fsp3) is 0.263. The fourth-order valence-electron chi connectivity index (χ4n) is 2.37. The van der Waals surface area contributed by atoms with Crippen LogP contribution in [0.1, 0.15) is 16.7 Å². The zero-order valence-corrected chi connectivity index (χ0v) is 16.7. The second-order valence-electron chi connectivity index (χ2n) is 5.59. The monoisotopic (exact) mass is 420 g/mol. The van der Waals surface area contributed by atoms with Gasteiger partial charge in [-0.2, -0.15) is 5.10 Å². The minimum absolute atomic E-state index is 0.133. The van der Waals surface area contributed by atoms with Crippen molar-refractivity contribution in [3.05, 3.63) is 51.5 Å². The van der Waals surface area contributed by atoms with Crippen LogP contribution in [0.25, 0.3) is 0 Å². The maximum Gasteiger partial charge on any atom is 0.277 e. The van der Waals surface area contributed by atoms with E-state index in [1.807, 2.05) is 26.0 Å². The minimum Gasteiger partial charge on any atom is -0.493 e. The summed E-state index contributed by atoms with van der Waals surface area (Å²) in [6.07, 6.45) is 1.52. The van der Waals surface area contributed by atoms with Crippen molar-refractivity contribution in [1.29, 1.82) is 0 Å². The molecule has 0 heterocycles. The van der Waals surface area contributed by atoms with Crippen LogP contribution in [0.15, 0.2) is 39.9 Å². The summed E-state index contributed by atoms with van der Waals surface area (Å²) in [6.45, 7) is 3.79. The third-order valence-electron chi connectivity index (χ3n) is 3.53. The van der Waals surface area contributed by atoms with Crippen LogP contribution in [-0.4, -0.2) is 32.9 Å². The summed E-state index contributed by atoms with van der Waals surface area (Å²) in [5.41, 5.74) is 5.27. The van der Waals surface area contributed by atoms with Crippen LogP contribution in [0, 0.1) is 13.8 Å². The summed E-state index contributed by atoms with van der Waals surface area (Å²) in [5.74, 6) is 1.51. The Morgan fingerprint density at radius 2 is 1.88 bits per heavy atom. The molecule has 2 rings (SSSR count).